The number of carbonyl (C=O) groups is 1. The summed E-state index contributed by atoms with van der Waals surface area (Å²) in [5.74, 6) is 0.774. The normalized spacial score (nSPS) is 18.0. The molecule has 2 rings (SSSR count). The Labute approximate surface area is 140 Å². The molecule has 1 heterocycles. The molecule has 1 fully saturated rings. The Hall–Kier alpha value is -1.55. The molecule has 23 heavy (non-hydrogen) atoms. The highest BCUT2D eigenvalue weighted by atomic mass is 16.5. The van der Waals surface area contributed by atoms with Gasteiger partial charge in [-0.15, -0.1) is 0 Å². The second-order valence-corrected chi connectivity index (χ2v) is 6.87. The lowest BCUT2D eigenvalue weighted by Gasteiger charge is -2.35. The molecule has 0 aromatic heterocycles. The standard InChI is InChI=1S/C19H30N2O2/c1-13(2)21-11-9-17(10-12-21)20-19(22)16(5)23-18-8-6-7-14(3)15(18)4/h6-8,13,16-17H,9-12H2,1-5H3,(H,20,22)/t16-/m0/s1. The number of aryl methyl sites for hydroxylation is 1. The minimum Gasteiger partial charge on any atom is -0.481 e. The zero-order valence-corrected chi connectivity index (χ0v) is 15.1. The van der Waals surface area contributed by atoms with Crippen molar-refractivity contribution in [1.82, 2.24) is 10.2 Å². The number of hydrogen-bond donors (Lipinski definition) is 1. The number of ether oxygens (including phenoxy) is 1. The van der Waals surface area contributed by atoms with Crippen molar-refractivity contribution < 1.29 is 9.53 Å². The summed E-state index contributed by atoms with van der Waals surface area (Å²) >= 11 is 0. The van der Waals surface area contributed by atoms with Crippen LogP contribution in [0.1, 0.15) is 44.7 Å². The van der Waals surface area contributed by atoms with Crippen LogP contribution in [0.5, 0.6) is 5.75 Å². The molecule has 1 aromatic rings. The predicted octanol–water partition coefficient (Wildman–Crippen LogP) is 3.06. The van der Waals surface area contributed by atoms with E-state index in [1.807, 2.05) is 26.0 Å². The van der Waals surface area contributed by atoms with Crippen molar-refractivity contribution >= 4 is 5.91 Å². The molecule has 0 radical (unpaired) electrons. The highest BCUT2D eigenvalue weighted by Crippen LogP contribution is 2.22. The Balaban J connectivity index is 1.85. The molecule has 1 aromatic carbocycles. The number of rotatable bonds is 5. The first-order valence-corrected chi connectivity index (χ1v) is 8.65. The van der Waals surface area contributed by atoms with Gasteiger partial charge < -0.3 is 15.0 Å². The molecule has 1 aliphatic rings. The fourth-order valence-electron chi connectivity index (χ4n) is 2.97. The minimum atomic E-state index is -0.473. The van der Waals surface area contributed by atoms with Crippen LogP contribution in [0, 0.1) is 13.8 Å². The maximum Gasteiger partial charge on any atom is 0.260 e. The molecule has 0 saturated carbocycles. The first kappa shape index (κ1) is 17.8. The van der Waals surface area contributed by atoms with Crippen molar-refractivity contribution in [3.63, 3.8) is 0 Å². The van der Waals surface area contributed by atoms with Gasteiger partial charge in [-0.3, -0.25) is 4.79 Å². The largest absolute Gasteiger partial charge is 0.481 e. The van der Waals surface area contributed by atoms with Crippen molar-refractivity contribution in [1.29, 1.82) is 0 Å². The zero-order chi connectivity index (χ0) is 17.0. The summed E-state index contributed by atoms with van der Waals surface area (Å²) in [6, 6.07) is 6.78. The Morgan fingerprint density at radius 1 is 1.22 bits per heavy atom. The van der Waals surface area contributed by atoms with E-state index in [4.69, 9.17) is 4.74 Å². The molecule has 1 N–H and O–H groups in total. The van der Waals surface area contributed by atoms with E-state index in [1.165, 1.54) is 5.56 Å². The number of hydrogen-bond acceptors (Lipinski definition) is 3. The van der Waals surface area contributed by atoms with Gasteiger partial charge in [0.2, 0.25) is 0 Å². The molecule has 128 valence electrons. The smallest absolute Gasteiger partial charge is 0.260 e. The zero-order valence-electron chi connectivity index (χ0n) is 15.1. The lowest BCUT2D eigenvalue weighted by molar-refractivity contribution is -0.128. The number of amides is 1. The number of nitrogens with one attached hydrogen (secondary N) is 1. The van der Waals surface area contributed by atoms with E-state index in [0.717, 1.165) is 37.2 Å². The third kappa shape index (κ3) is 4.71. The second-order valence-electron chi connectivity index (χ2n) is 6.87. The Morgan fingerprint density at radius 2 is 1.87 bits per heavy atom. The summed E-state index contributed by atoms with van der Waals surface area (Å²) in [5, 5.41) is 3.14. The second kappa shape index (κ2) is 7.82. The quantitative estimate of drug-likeness (QED) is 0.907. The average Bonchev–Trinajstić information content (AvgIpc) is 2.52. The van der Waals surface area contributed by atoms with Gasteiger partial charge in [0, 0.05) is 25.2 Å². The Morgan fingerprint density at radius 3 is 2.48 bits per heavy atom. The van der Waals surface area contributed by atoms with E-state index in [0.29, 0.717) is 6.04 Å². The molecule has 1 saturated heterocycles. The van der Waals surface area contributed by atoms with Crippen molar-refractivity contribution in [2.24, 2.45) is 0 Å². The van der Waals surface area contributed by atoms with Crippen molar-refractivity contribution in [2.45, 2.75) is 65.6 Å². The van der Waals surface area contributed by atoms with Crippen LogP contribution in [-0.2, 0) is 4.79 Å². The molecule has 0 aliphatic carbocycles. The summed E-state index contributed by atoms with van der Waals surface area (Å²) in [4.78, 5) is 14.8. The summed E-state index contributed by atoms with van der Waals surface area (Å²) in [7, 11) is 0. The number of benzene rings is 1. The van der Waals surface area contributed by atoms with Gasteiger partial charge >= 0.3 is 0 Å². The maximum absolute atomic E-state index is 12.4. The highest BCUT2D eigenvalue weighted by molar-refractivity contribution is 5.81. The Kier molecular flexibility index (Phi) is 6.05. The van der Waals surface area contributed by atoms with Crippen LogP contribution in [0.15, 0.2) is 18.2 Å². The highest BCUT2D eigenvalue weighted by Gasteiger charge is 2.24. The molecule has 1 atom stereocenters. The molecule has 1 amide bonds. The van der Waals surface area contributed by atoms with Crippen LogP contribution in [0.4, 0.5) is 0 Å². The Bertz CT molecular complexity index is 534. The van der Waals surface area contributed by atoms with E-state index in [2.05, 4.69) is 37.1 Å². The van der Waals surface area contributed by atoms with Gasteiger partial charge in [0.25, 0.3) is 5.91 Å². The van der Waals surface area contributed by atoms with E-state index < -0.39 is 6.10 Å². The monoisotopic (exact) mass is 318 g/mol. The van der Waals surface area contributed by atoms with Crippen LogP contribution in [0.25, 0.3) is 0 Å². The molecule has 0 unspecified atom stereocenters. The van der Waals surface area contributed by atoms with E-state index in [-0.39, 0.29) is 11.9 Å². The fraction of sp³-hybridized carbons (Fsp3) is 0.632. The van der Waals surface area contributed by atoms with Crippen molar-refractivity contribution in [2.75, 3.05) is 13.1 Å². The first-order chi connectivity index (χ1) is 10.9. The summed E-state index contributed by atoms with van der Waals surface area (Å²) < 4.78 is 5.87. The van der Waals surface area contributed by atoms with Crippen LogP contribution >= 0.6 is 0 Å². The molecule has 0 spiro atoms. The average molecular weight is 318 g/mol. The minimum absolute atomic E-state index is 0.0195. The third-order valence-corrected chi connectivity index (χ3v) is 4.83. The lowest BCUT2D eigenvalue weighted by atomic mass is 10.0. The van der Waals surface area contributed by atoms with Gasteiger partial charge in [0.1, 0.15) is 5.75 Å². The maximum atomic E-state index is 12.4. The molecule has 0 bridgehead atoms. The van der Waals surface area contributed by atoms with Gasteiger partial charge in [-0.1, -0.05) is 12.1 Å². The first-order valence-electron chi connectivity index (χ1n) is 8.65. The molecular formula is C19H30N2O2. The number of nitrogens with zero attached hydrogens (tertiary/aromatic N) is 1. The summed E-state index contributed by atoms with van der Waals surface area (Å²) in [6.45, 7) is 12.4. The summed E-state index contributed by atoms with van der Waals surface area (Å²) in [6.07, 6.45) is 1.55. The third-order valence-electron chi connectivity index (χ3n) is 4.83. The summed E-state index contributed by atoms with van der Waals surface area (Å²) in [5.41, 5.74) is 2.27. The predicted molar refractivity (Wildman–Crippen MR) is 93.9 cm³/mol. The fourth-order valence-corrected chi connectivity index (χ4v) is 2.97. The number of likely N-dealkylation sites (tertiary alicyclic amines) is 1. The van der Waals surface area contributed by atoms with Gasteiger partial charge in [0.15, 0.2) is 6.10 Å². The molecule has 4 nitrogen and oxygen atoms in total. The van der Waals surface area contributed by atoms with Gasteiger partial charge in [-0.05, 0) is 64.7 Å². The number of carbonyl (C=O) groups excluding carboxylic acids is 1. The lowest BCUT2D eigenvalue weighted by Crippen LogP contribution is -2.49. The topological polar surface area (TPSA) is 41.6 Å². The molecular weight excluding hydrogens is 288 g/mol. The van der Waals surface area contributed by atoms with Crippen molar-refractivity contribution in [3.8, 4) is 5.75 Å². The van der Waals surface area contributed by atoms with E-state index >= 15 is 0 Å². The van der Waals surface area contributed by atoms with Crippen molar-refractivity contribution in [3.05, 3.63) is 29.3 Å². The van der Waals surface area contributed by atoms with E-state index in [9.17, 15) is 4.79 Å². The molecule has 1 aliphatic heterocycles. The van der Waals surface area contributed by atoms with Crippen LogP contribution in [0.3, 0.4) is 0 Å². The van der Waals surface area contributed by atoms with Gasteiger partial charge in [-0.2, -0.15) is 0 Å². The molecule has 4 heteroatoms. The van der Waals surface area contributed by atoms with E-state index in [1.54, 1.807) is 0 Å². The van der Waals surface area contributed by atoms with Gasteiger partial charge in [-0.25, -0.2) is 0 Å². The number of piperidine rings is 1. The van der Waals surface area contributed by atoms with Crippen LogP contribution in [0.2, 0.25) is 0 Å². The van der Waals surface area contributed by atoms with Gasteiger partial charge in [0.05, 0.1) is 0 Å². The van der Waals surface area contributed by atoms with Crippen LogP contribution < -0.4 is 10.1 Å². The SMILES string of the molecule is Cc1cccc(O[C@@H](C)C(=O)NC2CCN(C(C)C)CC2)c1C. The van der Waals surface area contributed by atoms with Crippen LogP contribution in [-0.4, -0.2) is 42.1 Å².